The molecule has 90 valence electrons. The van der Waals surface area contributed by atoms with Crippen LogP contribution in [-0.4, -0.2) is 41.1 Å². The molecule has 0 spiro atoms. The second-order valence-corrected chi connectivity index (χ2v) is 5.21. The average Bonchev–Trinajstić information content (AvgIpc) is 2.61. The van der Waals surface area contributed by atoms with Gasteiger partial charge in [0.15, 0.2) is 0 Å². The molecule has 0 unspecified atom stereocenters. The molecule has 5 heteroatoms. The van der Waals surface area contributed by atoms with Gasteiger partial charge in [0.05, 0.1) is 13.2 Å². The highest BCUT2D eigenvalue weighted by atomic mass is 16.5. The molecular weight excluding hydrogens is 204 g/mol. The van der Waals surface area contributed by atoms with Crippen molar-refractivity contribution in [2.45, 2.75) is 26.2 Å². The van der Waals surface area contributed by atoms with Gasteiger partial charge in [-0.15, -0.1) is 5.10 Å². The monoisotopic (exact) mass is 224 g/mol. The van der Waals surface area contributed by atoms with Crippen molar-refractivity contribution in [2.24, 2.45) is 7.05 Å². The van der Waals surface area contributed by atoms with Gasteiger partial charge in [0.2, 0.25) is 5.95 Å². The number of nitrogens with zero attached hydrogens (tertiary/aromatic N) is 4. The van der Waals surface area contributed by atoms with Gasteiger partial charge >= 0.3 is 0 Å². The second kappa shape index (κ2) is 4.05. The number of anilines is 1. The third-order valence-corrected chi connectivity index (χ3v) is 2.72. The molecule has 0 atom stereocenters. The second-order valence-electron chi connectivity index (χ2n) is 5.21. The number of aryl methyl sites for hydroxylation is 1. The molecule has 0 aliphatic carbocycles. The highest BCUT2D eigenvalue weighted by Gasteiger charge is 2.24. The lowest BCUT2D eigenvalue weighted by Gasteiger charge is -2.25. The normalized spacial score (nSPS) is 17.9. The zero-order chi connectivity index (χ0) is 11.8. The minimum Gasteiger partial charge on any atom is -0.378 e. The van der Waals surface area contributed by atoms with Crippen LogP contribution in [-0.2, 0) is 17.2 Å². The third-order valence-electron chi connectivity index (χ3n) is 2.72. The molecule has 1 aliphatic rings. The molecule has 1 aliphatic heterocycles. The number of hydrogen-bond acceptors (Lipinski definition) is 4. The summed E-state index contributed by atoms with van der Waals surface area (Å²) in [5.41, 5.74) is 0.0340. The zero-order valence-electron chi connectivity index (χ0n) is 10.5. The van der Waals surface area contributed by atoms with E-state index in [1.165, 1.54) is 0 Å². The van der Waals surface area contributed by atoms with E-state index in [1.807, 2.05) is 11.7 Å². The van der Waals surface area contributed by atoms with Crippen LogP contribution >= 0.6 is 0 Å². The summed E-state index contributed by atoms with van der Waals surface area (Å²) in [6.07, 6.45) is 0. The summed E-state index contributed by atoms with van der Waals surface area (Å²) in [5.74, 6) is 1.85. The molecule has 0 saturated carbocycles. The van der Waals surface area contributed by atoms with Gasteiger partial charge in [-0.25, -0.2) is 0 Å². The van der Waals surface area contributed by atoms with Crippen molar-refractivity contribution in [3.05, 3.63) is 5.82 Å². The van der Waals surface area contributed by atoms with Gasteiger partial charge in [-0.2, -0.15) is 4.98 Å². The highest BCUT2D eigenvalue weighted by molar-refractivity contribution is 5.30. The lowest BCUT2D eigenvalue weighted by atomic mass is 9.96. The maximum Gasteiger partial charge on any atom is 0.245 e. The van der Waals surface area contributed by atoms with Crippen molar-refractivity contribution in [1.82, 2.24) is 14.8 Å². The molecule has 0 N–H and O–H groups in total. The van der Waals surface area contributed by atoms with Gasteiger partial charge in [-0.1, -0.05) is 20.8 Å². The van der Waals surface area contributed by atoms with Crippen LogP contribution in [0.5, 0.6) is 0 Å². The number of aromatic nitrogens is 3. The number of morpholine rings is 1. The smallest absolute Gasteiger partial charge is 0.245 e. The Labute approximate surface area is 96.4 Å². The predicted octanol–water partition coefficient (Wildman–Crippen LogP) is 0.949. The van der Waals surface area contributed by atoms with Gasteiger partial charge in [0, 0.05) is 25.6 Å². The van der Waals surface area contributed by atoms with Crippen LogP contribution in [0.1, 0.15) is 26.6 Å². The Morgan fingerprint density at radius 3 is 2.31 bits per heavy atom. The van der Waals surface area contributed by atoms with Crippen molar-refractivity contribution in [2.75, 3.05) is 31.2 Å². The molecule has 0 amide bonds. The Morgan fingerprint density at radius 2 is 1.81 bits per heavy atom. The number of rotatable bonds is 1. The molecule has 2 rings (SSSR count). The fourth-order valence-corrected chi connectivity index (χ4v) is 1.92. The summed E-state index contributed by atoms with van der Waals surface area (Å²) in [4.78, 5) is 6.81. The maximum atomic E-state index is 5.32. The molecule has 0 radical (unpaired) electrons. The summed E-state index contributed by atoms with van der Waals surface area (Å²) >= 11 is 0. The van der Waals surface area contributed by atoms with Gasteiger partial charge in [0.1, 0.15) is 5.82 Å². The number of hydrogen-bond donors (Lipinski definition) is 0. The molecule has 0 bridgehead atoms. The van der Waals surface area contributed by atoms with E-state index in [9.17, 15) is 0 Å². The van der Waals surface area contributed by atoms with E-state index in [1.54, 1.807) is 0 Å². The summed E-state index contributed by atoms with van der Waals surface area (Å²) in [7, 11) is 1.96. The van der Waals surface area contributed by atoms with E-state index < -0.39 is 0 Å². The van der Waals surface area contributed by atoms with E-state index in [2.05, 4.69) is 35.8 Å². The first-order valence-corrected chi connectivity index (χ1v) is 5.73. The summed E-state index contributed by atoms with van der Waals surface area (Å²) in [6.45, 7) is 9.76. The Morgan fingerprint density at radius 1 is 1.19 bits per heavy atom. The van der Waals surface area contributed by atoms with Gasteiger partial charge in [0.25, 0.3) is 0 Å². The van der Waals surface area contributed by atoms with Crippen LogP contribution in [0, 0.1) is 0 Å². The zero-order valence-corrected chi connectivity index (χ0v) is 10.5. The van der Waals surface area contributed by atoms with Crippen molar-refractivity contribution in [3.63, 3.8) is 0 Å². The Balaban J connectivity index is 2.23. The standard InChI is InChI=1S/C11H20N4O/c1-11(2,3)9-12-10(13-14(9)4)15-5-7-16-8-6-15/h5-8H2,1-4H3. The average molecular weight is 224 g/mol. The van der Waals surface area contributed by atoms with E-state index in [4.69, 9.17) is 4.74 Å². The Kier molecular flexibility index (Phi) is 2.88. The number of ether oxygens (including phenoxy) is 1. The molecule has 1 aromatic heterocycles. The van der Waals surface area contributed by atoms with E-state index >= 15 is 0 Å². The van der Waals surface area contributed by atoms with E-state index in [-0.39, 0.29) is 5.41 Å². The van der Waals surface area contributed by atoms with Crippen LogP contribution in [0.2, 0.25) is 0 Å². The quantitative estimate of drug-likeness (QED) is 0.712. The molecule has 1 saturated heterocycles. The minimum absolute atomic E-state index is 0.0340. The van der Waals surface area contributed by atoms with Crippen molar-refractivity contribution < 1.29 is 4.74 Å². The first kappa shape index (κ1) is 11.4. The Bertz CT molecular complexity index is 361. The SMILES string of the molecule is Cn1nc(N2CCOCC2)nc1C(C)(C)C. The topological polar surface area (TPSA) is 43.2 Å². The highest BCUT2D eigenvalue weighted by Crippen LogP contribution is 2.22. The van der Waals surface area contributed by atoms with Crippen LogP contribution in [0.25, 0.3) is 0 Å². The van der Waals surface area contributed by atoms with Crippen LogP contribution in [0.4, 0.5) is 5.95 Å². The molecule has 5 nitrogen and oxygen atoms in total. The molecule has 16 heavy (non-hydrogen) atoms. The predicted molar refractivity (Wildman–Crippen MR) is 62.7 cm³/mol. The van der Waals surface area contributed by atoms with E-state index in [0.717, 1.165) is 38.1 Å². The lowest BCUT2D eigenvalue weighted by Crippen LogP contribution is -2.37. The third kappa shape index (κ3) is 2.19. The van der Waals surface area contributed by atoms with Crippen LogP contribution < -0.4 is 4.90 Å². The molecular formula is C11H20N4O. The molecule has 2 heterocycles. The molecule has 0 aromatic carbocycles. The summed E-state index contributed by atoms with van der Waals surface area (Å²) < 4.78 is 7.20. The van der Waals surface area contributed by atoms with Crippen LogP contribution in [0.3, 0.4) is 0 Å². The van der Waals surface area contributed by atoms with E-state index in [0.29, 0.717) is 0 Å². The maximum absolute atomic E-state index is 5.32. The summed E-state index contributed by atoms with van der Waals surface area (Å²) in [6, 6.07) is 0. The fourth-order valence-electron chi connectivity index (χ4n) is 1.92. The van der Waals surface area contributed by atoms with Crippen molar-refractivity contribution in [3.8, 4) is 0 Å². The van der Waals surface area contributed by atoms with Gasteiger partial charge in [-0.05, 0) is 0 Å². The fraction of sp³-hybridized carbons (Fsp3) is 0.818. The summed E-state index contributed by atoms with van der Waals surface area (Å²) in [5, 5.41) is 4.48. The van der Waals surface area contributed by atoms with Gasteiger partial charge < -0.3 is 9.64 Å². The molecule has 1 fully saturated rings. The minimum atomic E-state index is 0.0340. The molecule has 1 aromatic rings. The first-order chi connectivity index (χ1) is 7.48. The Hall–Kier alpha value is -1.10. The van der Waals surface area contributed by atoms with Crippen molar-refractivity contribution >= 4 is 5.95 Å². The van der Waals surface area contributed by atoms with Gasteiger partial charge in [-0.3, -0.25) is 4.68 Å². The largest absolute Gasteiger partial charge is 0.378 e. The lowest BCUT2D eigenvalue weighted by molar-refractivity contribution is 0.122. The first-order valence-electron chi connectivity index (χ1n) is 5.73. The van der Waals surface area contributed by atoms with Crippen molar-refractivity contribution in [1.29, 1.82) is 0 Å². The van der Waals surface area contributed by atoms with Crippen LogP contribution in [0.15, 0.2) is 0 Å².